The van der Waals surface area contributed by atoms with Crippen molar-refractivity contribution in [1.29, 1.82) is 0 Å². The summed E-state index contributed by atoms with van der Waals surface area (Å²) in [5.74, 6) is -1.37. The monoisotopic (exact) mass is 176 g/mol. The second-order valence-electron chi connectivity index (χ2n) is 1.46. The van der Waals surface area contributed by atoms with E-state index in [4.69, 9.17) is 0 Å². The summed E-state index contributed by atoms with van der Waals surface area (Å²) in [7, 11) is 0.524. The Bertz CT molecular complexity index is 158. The molecule has 0 amide bonds. The molecule has 0 spiro atoms. The summed E-state index contributed by atoms with van der Waals surface area (Å²) in [6.07, 6.45) is 0. The highest BCUT2D eigenvalue weighted by Crippen LogP contribution is 1.94. The van der Waals surface area contributed by atoms with Gasteiger partial charge in [0.2, 0.25) is 21.0 Å². The summed E-state index contributed by atoms with van der Waals surface area (Å²) < 4.78 is 8.70. The van der Waals surface area contributed by atoms with Crippen LogP contribution < -0.4 is 0 Å². The first-order valence-electron chi connectivity index (χ1n) is 2.49. The van der Waals surface area contributed by atoms with E-state index < -0.39 is 11.9 Å². The number of rotatable bonds is 2. The van der Waals surface area contributed by atoms with E-state index in [0.29, 0.717) is 0 Å². The molecule has 0 bridgehead atoms. The van der Waals surface area contributed by atoms with Gasteiger partial charge in [-0.25, -0.2) is 9.59 Å². The minimum absolute atomic E-state index is 0.231. The van der Waals surface area contributed by atoms with Gasteiger partial charge < -0.3 is 8.85 Å². The van der Waals surface area contributed by atoms with Gasteiger partial charge in [0, 0.05) is 0 Å². The molecule has 6 heteroatoms. The average Bonchev–Trinajstić information content (AvgIpc) is 2.00. The van der Waals surface area contributed by atoms with Crippen molar-refractivity contribution in [3.8, 4) is 0 Å². The Balaban J connectivity index is 4.09. The van der Waals surface area contributed by atoms with Crippen LogP contribution in [0.2, 0.25) is 0 Å². The van der Waals surface area contributed by atoms with Crippen molar-refractivity contribution in [3.63, 3.8) is 0 Å². The molecule has 0 heterocycles. The van der Waals surface area contributed by atoms with Crippen molar-refractivity contribution in [3.05, 3.63) is 12.2 Å². The van der Waals surface area contributed by atoms with Crippen LogP contribution in [0.4, 0.5) is 0 Å². The topological polar surface area (TPSA) is 52.6 Å². The molecule has 0 saturated carbocycles. The van der Waals surface area contributed by atoms with Crippen LogP contribution >= 0.6 is 0 Å². The standard InChI is InChI=1S/C4H8O4Si2/c1-2(3(5)7-9)4(6)8-10/h1H2,9-10H3. The number of carbonyl (C=O) groups excluding carboxylic acids is 2. The third kappa shape index (κ3) is 2.15. The molecular formula is C4H8O4Si2. The zero-order valence-corrected chi connectivity index (χ0v) is 9.84. The van der Waals surface area contributed by atoms with Crippen LogP contribution in [0, 0.1) is 0 Å². The SMILES string of the molecule is C=C(C(=O)O[SiH3])C(=O)O[SiH3]. The van der Waals surface area contributed by atoms with E-state index in [1.54, 1.807) is 0 Å². The van der Waals surface area contributed by atoms with Crippen LogP contribution in [-0.4, -0.2) is 32.9 Å². The van der Waals surface area contributed by atoms with E-state index in [1.165, 1.54) is 0 Å². The van der Waals surface area contributed by atoms with E-state index in [-0.39, 0.29) is 26.5 Å². The summed E-state index contributed by atoms with van der Waals surface area (Å²) in [6, 6.07) is 0. The minimum atomic E-state index is -0.687. The van der Waals surface area contributed by atoms with E-state index in [2.05, 4.69) is 15.4 Å². The second-order valence-corrected chi connectivity index (χ2v) is 2.28. The third-order valence-electron chi connectivity index (χ3n) is 0.864. The molecular weight excluding hydrogens is 168 g/mol. The summed E-state index contributed by atoms with van der Waals surface area (Å²) in [6.45, 7) is 3.19. The summed E-state index contributed by atoms with van der Waals surface area (Å²) in [5.41, 5.74) is -0.231. The van der Waals surface area contributed by atoms with Gasteiger partial charge in [-0.2, -0.15) is 0 Å². The normalized spacial score (nSPS) is 8.80. The van der Waals surface area contributed by atoms with Crippen LogP contribution in [-0.2, 0) is 18.4 Å². The first-order chi connectivity index (χ1) is 4.63. The summed E-state index contributed by atoms with van der Waals surface area (Å²) in [4.78, 5) is 21.1. The van der Waals surface area contributed by atoms with E-state index >= 15 is 0 Å². The van der Waals surface area contributed by atoms with Gasteiger partial charge in [0.1, 0.15) is 5.57 Å². The van der Waals surface area contributed by atoms with Gasteiger partial charge in [-0.3, -0.25) is 0 Å². The van der Waals surface area contributed by atoms with Crippen molar-refractivity contribution in [2.24, 2.45) is 0 Å². The molecule has 56 valence electrons. The lowest BCUT2D eigenvalue weighted by Gasteiger charge is -2.00. The van der Waals surface area contributed by atoms with E-state index in [0.717, 1.165) is 0 Å². The molecule has 0 aromatic carbocycles. The molecule has 0 atom stereocenters. The lowest BCUT2D eigenvalue weighted by atomic mass is 10.3. The number of hydrogen-bond acceptors (Lipinski definition) is 4. The minimum Gasteiger partial charge on any atom is -0.525 e. The van der Waals surface area contributed by atoms with Gasteiger partial charge in [-0.15, -0.1) is 0 Å². The quantitative estimate of drug-likeness (QED) is 0.197. The van der Waals surface area contributed by atoms with Crippen molar-refractivity contribution < 1.29 is 18.4 Å². The first-order valence-corrected chi connectivity index (χ1v) is 4.12. The fourth-order valence-corrected chi connectivity index (χ4v) is 0.823. The molecule has 0 aromatic rings. The van der Waals surface area contributed by atoms with Gasteiger partial charge >= 0.3 is 11.9 Å². The Labute approximate surface area is 64.3 Å². The van der Waals surface area contributed by atoms with Crippen LogP contribution in [0.3, 0.4) is 0 Å². The van der Waals surface area contributed by atoms with Crippen LogP contribution in [0.15, 0.2) is 12.2 Å². The Morgan fingerprint density at radius 1 is 1.10 bits per heavy atom. The van der Waals surface area contributed by atoms with Gasteiger partial charge in [0.15, 0.2) is 0 Å². The molecule has 0 aromatic heterocycles. The van der Waals surface area contributed by atoms with Gasteiger partial charge in [-0.05, 0) is 0 Å². The predicted octanol–water partition coefficient (Wildman–Crippen LogP) is -2.81. The number of carbonyl (C=O) groups is 2. The number of hydrogen-bond donors (Lipinski definition) is 0. The molecule has 10 heavy (non-hydrogen) atoms. The average molecular weight is 176 g/mol. The molecule has 4 nitrogen and oxygen atoms in total. The molecule has 0 saturated heterocycles. The van der Waals surface area contributed by atoms with Crippen molar-refractivity contribution in [2.75, 3.05) is 0 Å². The molecule has 0 radical (unpaired) electrons. The first kappa shape index (κ1) is 9.11. The fourth-order valence-electron chi connectivity index (χ4n) is 0.330. The largest absolute Gasteiger partial charge is 0.525 e. The zero-order valence-electron chi connectivity index (χ0n) is 5.84. The van der Waals surface area contributed by atoms with Crippen LogP contribution in [0.25, 0.3) is 0 Å². The molecule has 0 aliphatic heterocycles. The molecule has 0 fully saturated rings. The Morgan fingerprint density at radius 3 is 1.60 bits per heavy atom. The summed E-state index contributed by atoms with van der Waals surface area (Å²) >= 11 is 0. The van der Waals surface area contributed by atoms with Crippen LogP contribution in [0.5, 0.6) is 0 Å². The van der Waals surface area contributed by atoms with Crippen molar-refractivity contribution in [1.82, 2.24) is 0 Å². The van der Waals surface area contributed by atoms with Gasteiger partial charge in [-0.1, -0.05) is 6.58 Å². The molecule has 0 unspecified atom stereocenters. The predicted molar refractivity (Wildman–Crippen MR) is 41.2 cm³/mol. The Kier molecular flexibility index (Phi) is 3.66. The lowest BCUT2D eigenvalue weighted by molar-refractivity contribution is -0.137. The second kappa shape index (κ2) is 4.01. The van der Waals surface area contributed by atoms with Crippen molar-refractivity contribution in [2.45, 2.75) is 0 Å². The summed E-state index contributed by atoms with van der Waals surface area (Å²) in [5, 5.41) is 0. The fraction of sp³-hybridized carbons (Fsp3) is 0. The van der Waals surface area contributed by atoms with Gasteiger partial charge in [0.05, 0.1) is 0 Å². The Hall–Kier alpha value is -0.886. The highest BCUT2D eigenvalue weighted by Gasteiger charge is 2.14. The molecule has 0 aliphatic carbocycles. The van der Waals surface area contributed by atoms with E-state index in [9.17, 15) is 9.59 Å². The highest BCUT2D eigenvalue weighted by molar-refractivity contribution is 6.22. The van der Waals surface area contributed by atoms with Crippen molar-refractivity contribution >= 4 is 32.9 Å². The maximum atomic E-state index is 10.5. The molecule has 0 rings (SSSR count). The maximum Gasteiger partial charge on any atom is 0.330 e. The lowest BCUT2D eigenvalue weighted by Crippen LogP contribution is -2.15. The maximum absolute atomic E-state index is 10.5. The molecule has 0 aliphatic rings. The highest BCUT2D eigenvalue weighted by atomic mass is 28.2. The van der Waals surface area contributed by atoms with E-state index in [1.807, 2.05) is 0 Å². The smallest absolute Gasteiger partial charge is 0.330 e. The third-order valence-corrected chi connectivity index (χ3v) is 1.61. The Morgan fingerprint density at radius 2 is 1.40 bits per heavy atom. The zero-order chi connectivity index (χ0) is 8.15. The van der Waals surface area contributed by atoms with Crippen LogP contribution in [0.1, 0.15) is 0 Å². The molecule has 0 N–H and O–H groups in total. The van der Waals surface area contributed by atoms with Gasteiger partial charge in [0.25, 0.3) is 0 Å².